The first-order chi connectivity index (χ1) is 13.8. The predicted molar refractivity (Wildman–Crippen MR) is 126 cm³/mol. The fourth-order valence-electron chi connectivity index (χ4n) is 4.65. The summed E-state index contributed by atoms with van der Waals surface area (Å²) in [5.41, 5.74) is 2.61. The van der Waals surface area contributed by atoms with Crippen molar-refractivity contribution >= 4 is 84.8 Å². The summed E-state index contributed by atoms with van der Waals surface area (Å²) in [5.74, 6) is 0. The Bertz CT molecular complexity index is 1730. The molecule has 7 aromatic rings. The zero-order valence-corrected chi connectivity index (χ0v) is 16.8. The molecule has 4 aromatic carbocycles. The average Bonchev–Trinajstić information content (AvgIpc) is 3.35. The smallest absolute Gasteiger partial charge is 0.0503 e. The third-order valence-corrected chi connectivity index (χ3v) is 8.25. The van der Waals surface area contributed by atoms with Crippen molar-refractivity contribution in [2.45, 2.75) is 0 Å². The second-order valence-corrected chi connectivity index (χ2v) is 9.65. The number of para-hydroxylation sites is 1. The second kappa shape index (κ2) is 5.13. The molecule has 0 spiro atoms. The van der Waals surface area contributed by atoms with E-state index in [9.17, 15) is 0 Å². The quantitative estimate of drug-likeness (QED) is 0.245. The Morgan fingerprint density at radius 1 is 0.500 bits per heavy atom. The average molecular weight is 394 g/mol. The van der Waals surface area contributed by atoms with Crippen molar-refractivity contribution < 1.29 is 0 Å². The van der Waals surface area contributed by atoms with Crippen LogP contribution in [0.1, 0.15) is 0 Å². The summed E-state index contributed by atoms with van der Waals surface area (Å²) in [6.07, 6.45) is 0. The summed E-state index contributed by atoms with van der Waals surface area (Å²) in [5, 5.41) is 8.19. The van der Waals surface area contributed by atoms with Gasteiger partial charge in [0.25, 0.3) is 0 Å². The Labute approximate surface area is 169 Å². The van der Waals surface area contributed by atoms with Gasteiger partial charge in [0.1, 0.15) is 0 Å². The number of hydrogen-bond acceptors (Lipinski definition) is 2. The lowest BCUT2D eigenvalue weighted by Crippen LogP contribution is -1.85. The van der Waals surface area contributed by atoms with Gasteiger partial charge < -0.3 is 4.57 Å². The van der Waals surface area contributed by atoms with Crippen molar-refractivity contribution in [2.75, 3.05) is 0 Å². The molecule has 3 heteroatoms. The number of aryl methyl sites for hydroxylation is 1. The van der Waals surface area contributed by atoms with E-state index in [1.54, 1.807) is 0 Å². The maximum atomic E-state index is 2.42. The molecule has 0 atom stereocenters. The first-order valence-electron chi connectivity index (χ1n) is 9.43. The fourth-order valence-corrected chi connectivity index (χ4v) is 6.99. The monoisotopic (exact) mass is 393 g/mol. The van der Waals surface area contributed by atoms with Gasteiger partial charge in [-0.15, -0.1) is 22.7 Å². The zero-order chi connectivity index (χ0) is 18.4. The van der Waals surface area contributed by atoms with Crippen molar-refractivity contribution in [3.05, 3.63) is 72.8 Å². The minimum atomic E-state index is 1.30. The molecule has 0 amide bonds. The van der Waals surface area contributed by atoms with E-state index in [2.05, 4.69) is 84.4 Å². The highest BCUT2D eigenvalue weighted by Gasteiger charge is 2.14. The van der Waals surface area contributed by atoms with E-state index in [-0.39, 0.29) is 0 Å². The van der Waals surface area contributed by atoms with E-state index in [0.717, 1.165) is 0 Å². The van der Waals surface area contributed by atoms with Crippen LogP contribution in [0.5, 0.6) is 0 Å². The molecule has 0 aliphatic rings. The molecule has 0 unspecified atom stereocenters. The molecular weight excluding hydrogens is 378 g/mol. The van der Waals surface area contributed by atoms with Crippen LogP contribution in [0.25, 0.3) is 62.2 Å². The van der Waals surface area contributed by atoms with Crippen LogP contribution in [0, 0.1) is 0 Å². The largest absolute Gasteiger partial charge is 0.344 e. The van der Waals surface area contributed by atoms with E-state index in [4.69, 9.17) is 0 Å². The molecule has 3 heterocycles. The van der Waals surface area contributed by atoms with Crippen LogP contribution >= 0.6 is 22.7 Å². The van der Waals surface area contributed by atoms with Gasteiger partial charge in [-0.1, -0.05) is 36.4 Å². The molecule has 0 radical (unpaired) electrons. The Morgan fingerprint density at radius 2 is 1.11 bits per heavy atom. The molecule has 0 N–H and O–H groups in total. The van der Waals surface area contributed by atoms with Gasteiger partial charge in [-0.25, -0.2) is 0 Å². The maximum absolute atomic E-state index is 2.42. The molecule has 0 aliphatic carbocycles. The van der Waals surface area contributed by atoms with Crippen molar-refractivity contribution in [1.82, 2.24) is 4.57 Å². The lowest BCUT2D eigenvalue weighted by molar-refractivity contribution is 1.02. The Morgan fingerprint density at radius 3 is 1.96 bits per heavy atom. The number of thiophene rings is 2. The molecule has 132 valence electrons. The van der Waals surface area contributed by atoms with E-state index in [0.29, 0.717) is 0 Å². The molecular formula is C25H15NS2. The summed E-state index contributed by atoms with van der Waals surface area (Å²) in [6, 6.07) is 27.1. The van der Waals surface area contributed by atoms with Crippen LogP contribution < -0.4 is 0 Å². The molecule has 1 nitrogen and oxygen atoms in total. The van der Waals surface area contributed by atoms with E-state index in [1.165, 1.54) is 62.2 Å². The van der Waals surface area contributed by atoms with E-state index in [1.807, 2.05) is 22.7 Å². The summed E-state index contributed by atoms with van der Waals surface area (Å²) in [6.45, 7) is 0. The Hall–Kier alpha value is -2.88. The molecule has 0 aliphatic heterocycles. The highest BCUT2D eigenvalue weighted by Crippen LogP contribution is 2.43. The van der Waals surface area contributed by atoms with Crippen LogP contribution in [0.3, 0.4) is 0 Å². The summed E-state index contributed by atoms with van der Waals surface area (Å²) >= 11 is 3.81. The molecule has 0 saturated heterocycles. The van der Waals surface area contributed by atoms with Crippen molar-refractivity contribution in [1.29, 1.82) is 0 Å². The number of aromatic nitrogens is 1. The minimum Gasteiger partial charge on any atom is -0.344 e. The molecule has 0 fully saturated rings. The number of hydrogen-bond donors (Lipinski definition) is 0. The summed E-state index contributed by atoms with van der Waals surface area (Å²) < 4.78 is 7.83. The molecule has 28 heavy (non-hydrogen) atoms. The number of benzene rings is 4. The Kier molecular flexibility index (Phi) is 2.77. The van der Waals surface area contributed by atoms with E-state index >= 15 is 0 Å². The van der Waals surface area contributed by atoms with Crippen LogP contribution in [0.4, 0.5) is 0 Å². The predicted octanol–water partition coefficient (Wildman–Crippen LogP) is 8.07. The van der Waals surface area contributed by atoms with Gasteiger partial charge in [0.15, 0.2) is 0 Å². The van der Waals surface area contributed by atoms with Gasteiger partial charge in [0.2, 0.25) is 0 Å². The van der Waals surface area contributed by atoms with Gasteiger partial charge >= 0.3 is 0 Å². The van der Waals surface area contributed by atoms with Crippen molar-refractivity contribution in [3.63, 3.8) is 0 Å². The maximum Gasteiger partial charge on any atom is 0.0503 e. The summed E-state index contributed by atoms with van der Waals surface area (Å²) in [7, 11) is 2.17. The molecule has 3 aromatic heterocycles. The lowest BCUT2D eigenvalue weighted by Gasteiger charge is -1.98. The topological polar surface area (TPSA) is 4.93 Å². The zero-order valence-electron chi connectivity index (χ0n) is 15.2. The third kappa shape index (κ3) is 1.81. The van der Waals surface area contributed by atoms with Gasteiger partial charge in [-0.3, -0.25) is 0 Å². The molecule has 0 bridgehead atoms. The summed E-state index contributed by atoms with van der Waals surface area (Å²) in [4.78, 5) is 0. The highest BCUT2D eigenvalue weighted by atomic mass is 32.1. The SMILES string of the molecule is Cn1c2ccccc2c2cc3c(cc21)sc1cc2sc4ccccc4c2cc13. The van der Waals surface area contributed by atoms with Crippen molar-refractivity contribution in [2.24, 2.45) is 7.05 Å². The van der Waals surface area contributed by atoms with Gasteiger partial charge in [0, 0.05) is 63.7 Å². The first kappa shape index (κ1) is 15.1. The number of rotatable bonds is 0. The standard InChI is InChI=1S/C25H15NS2/c1-26-20-8-4-2-6-14(20)16-10-18-19-11-17-15-7-3-5-9-22(15)27-24(17)13-25(19)28-23(18)12-21(16)26/h2-13H,1H3. The molecule has 0 saturated carbocycles. The normalized spacial score (nSPS) is 12.5. The number of fused-ring (bicyclic) bond motifs is 9. The van der Waals surface area contributed by atoms with Crippen LogP contribution in [0.2, 0.25) is 0 Å². The van der Waals surface area contributed by atoms with E-state index < -0.39 is 0 Å². The van der Waals surface area contributed by atoms with Crippen LogP contribution in [0.15, 0.2) is 72.8 Å². The number of nitrogens with zero attached hydrogens (tertiary/aromatic N) is 1. The van der Waals surface area contributed by atoms with Gasteiger partial charge in [-0.2, -0.15) is 0 Å². The third-order valence-electron chi connectivity index (χ3n) is 6.00. The fraction of sp³-hybridized carbons (Fsp3) is 0.0400. The van der Waals surface area contributed by atoms with Crippen LogP contribution in [-0.4, -0.2) is 4.57 Å². The minimum absolute atomic E-state index is 1.30. The highest BCUT2D eigenvalue weighted by molar-refractivity contribution is 7.28. The lowest BCUT2D eigenvalue weighted by atomic mass is 10.1. The second-order valence-electron chi connectivity index (χ2n) is 7.49. The van der Waals surface area contributed by atoms with Crippen molar-refractivity contribution in [3.8, 4) is 0 Å². The van der Waals surface area contributed by atoms with Crippen LogP contribution in [-0.2, 0) is 7.05 Å². The van der Waals surface area contributed by atoms with Gasteiger partial charge in [0.05, 0.1) is 5.52 Å². The molecule has 7 rings (SSSR count). The first-order valence-corrected chi connectivity index (χ1v) is 11.1. The Balaban J connectivity index is 1.68. The van der Waals surface area contributed by atoms with Gasteiger partial charge in [-0.05, 0) is 36.4 Å².